The largest absolute Gasteiger partial charge is 0.423 e. The van der Waals surface area contributed by atoms with Crippen LogP contribution in [-0.4, -0.2) is 14.8 Å². The van der Waals surface area contributed by atoms with Gasteiger partial charge in [0.25, 0.3) is 0 Å². The SMILES string of the molecule is NCc1ccccc1Oc1ncn(-c2ccccc2)n1. The van der Waals surface area contributed by atoms with E-state index in [0.29, 0.717) is 18.3 Å². The Hall–Kier alpha value is -2.66. The molecule has 0 spiro atoms. The highest BCUT2D eigenvalue weighted by Gasteiger charge is 2.07. The van der Waals surface area contributed by atoms with Gasteiger partial charge in [-0.05, 0) is 18.2 Å². The highest BCUT2D eigenvalue weighted by Crippen LogP contribution is 2.22. The van der Waals surface area contributed by atoms with Crippen molar-refractivity contribution in [1.29, 1.82) is 0 Å². The molecular formula is C15H14N4O. The van der Waals surface area contributed by atoms with Gasteiger partial charge >= 0.3 is 6.01 Å². The first-order valence-corrected chi connectivity index (χ1v) is 6.30. The van der Waals surface area contributed by atoms with E-state index in [9.17, 15) is 0 Å². The van der Waals surface area contributed by atoms with Gasteiger partial charge in [-0.1, -0.05) is 36.4 Å². The molecule has 0 saturated heterocycles. The third-order valence-corrected chi connectivity index (χ3v) is 2.89. The van der Waals surface area contributed by atoms with E-state index >= 15 is 0 Å². The molecule has 0 aliphatic rings. The predicted molar refractivity (Wildman–Crippen MR) is 75.8 cm³/mol. The fourth-order valence-electron chi connectivity index (χ4n) is 1.87. The molecule has 0 bridgehead atoms. The summed E-state index contributed by atoms with van der Waals surface area (Å²) in [6.45, 7) is 0.412. The lowest BCUT2D eigenvalue weighted by atomic mass is 10.2. The Morgan fingerprint density at radius 2 is 1.75 bits per heavy atom. The fourth-order valence-corrected chi connectivity index (χ4v) is 1.87. The Kier molecular flexibility index (Phi) is 3.43. The Balaban J connectivity index is 1.84. The fraction of sp³-hybridized carbons (Fsp3) is 0.0667. The first-order valence-electron chi connectivity index (χ1n) is 6.30. The molecule has 20 heavy (non-hydrogen) atoms. The second-order valence-corrected chi connectivity index (χ2v) is 4.22. The number of aromatic nitrogens is 3. The van der Waals surface area contributed by atoms with Gasteiger partial charge in [-0.3, -0.25) is 0 Å². The molecule has 3 rings (SSSR count). The van der Waals surface area contributed by atoms with Crippen LogP contribution in [0.15, 0.2) is 60.9 Å². The molecule has 1 heterocycles. The van der Waals surface area contributed by atoms with Crippen molar-refractivity contribution in [2.75, 3.05) is 0 Å². The van der Waals surface area contributed by atoms with Crippen molar-refractivity contribution in [3.63, 3.8) is 0 Å². The molecule has 5 nitrogen and oxygen atoms in total. The highest BCUT2D eigenvalue weighted by molar-refractivity contribution is 5.35. The van der Waals surface area contributed by atoms with Crippen LogP contribution < -0.4 is 10.5 Å². The molecule has 100 valence electrons. The topological polar surface area (TPSA) is 66.0 Å². The molecule has 3 aromatic rings. The summed E-state index contributed by atoms with van der Waals surface area (Å²) in [6, 6.07) is 17.6. The maximum absolute atomic E-state index is 5.68. The maximum atomic E-state index is 5.68. The number of ether oxygens (including phenoxy) is 1. The summed E-state index contributed by atoms with van der Waals surface area (Å²) in [4.78, 5) is 4.15. The van der Waals surface area contributed by atoms with Crippen molar-refractivity contribution < 1.29 is 4.74 Å². The Morgan fingerprint density at radius 3 is 2.55 bits per heavy atom. The third kappa shape index (κ3) is 2.53. The van der Waals surface area contributed by atoms with E-state index in [-0.39, 0.29) is 0 Å². The van der Waals surface area contributed by atoms with Gasteiger partial charge in [0.2, 0.25) is 0 Å². The van der Waals surface area contributed by atoms with Gasteiger partial charge in [0, 0.05) is 12.1 Å². The van der Waals surface area contributed by atoms with Crippen LogP contribution in [0.5, 0.6) is 11.8 Å². The van der Waals surface area contributed by atoms with E-state index in [2.05, 4.69) is 10.1 Å². The summed E-state index contributed by atoms with van der Waals surface area (Å²) in [6.07, 6.45) is 1.62. The third-order valence-electron chi connectivity index (χ3n) is 2.89. The average Bonchev–Trinajstić information content (AvgIpc) is 2.97. The molecule has 2 N–H and O–H groups in total. The van der Waals surface area contributed by atoms with E-state index in [1.165, 1.54) is 0 Å². The number of nitrogens with zero attached hydrogens (tertiary/aromatic N) is 3. The lowest BCUT2D eigenvalue weighted by molar-refractivity contribution is 0.436. The number of hydrogen-bond donors (Lipinski definition) is 1. The molecular weight excluding hydrogens is 252 g/mol. The summed E-state index contributed by atoms with van der Waals surface area (Å²) < 4.78 is 7.35. The molecule has 5 heteroatoms. The zero-order valence-electron chi connectivity index (χ0n) is 10.8. The van der Waals surface area contributed by atoms with Gasteiger partial charge in [0.1, 0.15) is 12.1 Å². The standard InChI is InChI=1S/C15H14N4O/c16-10-12-6-4-5-9-14(12)20-15-17-11-19(18-15)13-7-2-1-3-8-13/h1-9,11H,10,16H2. The second kappa shape index (κ2) is 5.54. The molecule has 0 amide bonds. The van der Waals surface area contributed by atoms with Gasteiger partial charge in [-0.25, -0.2) is 4.68 Å². The average molecular weight is 266 g/mol. The molecule has 0 aliphatic heterocycles. The lowest BCUT2D eigenvalue weighted by Crippen LogP contribution is -2.00. The Bertz CT molecular complexity index is 694. The zero-order chi connectivity index (χ0) is 13.8. The minimum atomic E-state index is 0.301. The number of hydrogen-bond acceptors (Lipinski definition) is 4. The van der Waals surface area contributed by atoms with E-state index < -0.39 is 0 Å². The Morgan fingerprint density at radius 1 is 1.00 bits per heavy atom. The Labute approximate surface area is 116 Å². The van der Waals surface area contributed by atoms with Gasteiger partial charge in [-0.15, -0.1) is 5.10 Å². The molecule has 0 radical (unpaired) electrons. The summed E-state index contributed by atoms with van der Waals surface area (Å²) in [5.74, 6) is 0.681. The van der Waals surface area contributed by atoms with Crippen molar-refractivity contribution in [2.45, 2.75) is 6.54 Å². The van der Waals surface area contributed by atoms with Crippen LogP contribution in [0, 0.1) is 0 Å². The molecule has 0 aliphatic carbocycles. The summed E-state index contributed by atoms with van der Waals surface area (Å²) >= 11 is 0. The van der Waals surface area contributed by atoms with Crippen LogP contribution in [0.2, 0.25) is 0 Å². The van der Waals surface area contributed by atoms with Crippen LogP contribution in [0.1, 0.15) is 5.56 Å². The maximum Gasteiger partial charge on any atom is 0.341 e. The van der Waals surface area contributed by atoms with Gasteiger partial charge in [0.05, 0.1) is 5.69 Å². The van der Waals surface area contributed by atoms with Crippen LogP contribution in [-0.2, 0) is 6.54 Å². The normalized spacial score (nSPS) is 10.4. The number of benzene rings is 2. The lowest BCUT2D eigenvalue weighted by Gasteiger charge is -2.05. The molecule has 0 atom stereocenters. The number of para-hydroxylation sites is 2. The van der Waals surface area contributed by atoms with Crippen molar-refractivity contribution >= 4 is 0 Å². The van der Waals surface area contributed by atoms with Crippen molar-refractivity contribution in [1.82, 2.24) is 14.8 Å². The monoisotopic (exact) mass is 266 g/mol. The zero-order valence-corrected chi connectivity index (χ0v) is 10.8. The molecule has 0 unspecified atom stereocenters. The van der Waals surface area contributed by atoms with Crippen LogP contribution in [0.25, 0.3) is 5.69 Å². The van der Waals surface area contributed by atoms with Crippen molar-refractivity contribution in [3.8, 4) is 17.4 Å². The highest BCUT2D eigenvalue weighted by atomic mass is 16.5. The summed E-state index contributed by atoms with van der Waals surface area (Å²) in [7, 11) is 0. The first kappa shape index (κ1) is 12.4. The van der Waals surface area contributed by atoms with Crippen molar-refractivity contribution in [2.24, 2.45) is 5.73 Å². The molecule has 0 fully saturated rings. The van der Waals surface area contributed by atoms with Gasteiger partial charge in [-0.2, -0.15) is 4.98 Å². The molecule has 1 aromatic heterocycles. The van der Waals surface area contributed by atoms with E-state index in [1.807, 2.05) is 54.6 Å². The molecule has 2 aromatic carbocycles. The second-order valence-electron chi connectivity index (χ2n) is 4.22. The van der Waals surface area contributed by atoms with Crippen LogP contribution in [0.3, 0.4) is 0 Å². The summed E-state index contributed by atoms with van der Waals surface area (Å²) in [5, 5.41) is 4.29. The van der Waals surface area contributed by atoms with E-state index in [4.69, 9.17) is 10.5 Å². The predicted octanol–water partition coefficient (Wildman–Crippen LogP) is 2.52. The van der Waals surface area contributed by atoms with E-state index in [1.54, 1.807) is 11.0 Å². The number of rotatable bonds is 4. The molecule has 0 saturated carbocycles. The van der Waals surface area contributed by atoms with E-state index in [0.717, 1.165) is 11.3 Å². The minimum absolute atomic E-state index is 0.301. The van der Waals surface area contributed by atoms with Crippen molar-refractivity contribution in [3.05, 3.63) is 66.5 Å². The number of nitrogens with two attached hydrogens (primary N) is 1. The van der Waals surface area contributed by atoms with Gasteiger partial charge < -0.3 is 10.5 Å². The first-order chi connectivity index (χ1) is 9.86. The summed E-state index contributed by atoms with van der Waals surface area (Å²) in [5.41, 5.74) is 7.53. The minimum Gasteiger partial charge on any atom is -0.423 e. The van der Waals surface area contributed by atoms with Crippen LogP contribution in [0.4, 0.5) is 0 Å². The smallest absolute Gasteiger partial charge is 0.341 e. The van der Waals surface area contributed by atoms with Gasteiger partial charge in [0.15, 0.2) is 0 Å². The van der Waals surface area contributed by atoms with Crippen LogP contribution >= 0.6 is 0 Å². The quantitative estimate of drug-likeness (QED) is 0.788.